The third-order valence-electron chi connectivity index (χ3n) is 4.13. The van der Waals surface area contributed by atoms with Gasteiger partial charge in [-0.1, -0.05) is 30.3 Å². The van der Waals surface area contributed by atoms with Crippen LogP contribution in [-0.2, 0) is 25.5 Å². The summed E-state index contributed by atoms with van der Waals surface area (Å²) in [6, 6.07) is 7.56. The van der Waals surface area contributed by atoms with Gasteiger partial charge in [-0.15, -0.1) is 0 Å². The van der Waals surface area contributed by atoms with Gasteiger partial charge in [0.25, 0.3) is 0 Å². The molecule has 0 spiro atoms. The Hall–Kier alpha value is -2.65. The van der Waals surface area contributed by atoms with E-state index in [1.54, 1.807) is 20.8 Å². The quantitative estimate of drug-likeness (QED) is 0.328. The highest BCUT2D eigenvalue weighted by atomic mass is 16.6. The maximum Gasteiger partial charge on any atom is 0.408 e. The van der Waals surface area contributed by atoms with Crippen LogP contribution in [0.25, 0.3) is 0 Å². The highest BCUT2D eigenvalue weighted by Gasteiger charge is 2.28. The van der Waals surface area contributed by atoms with Crippen molar-refractivity contribution in [1.82, 2.24) is 10.6 Å². The van der Waals surface area contributed by atoms with Crippen molar-refractivity contribution in [3.8, 4) is 0 Å². The topological polar surface area (TPSA) is 140 Å². The summed E-state index contributed by atoms with van der Waals surface area (Å²) in [5, 5.41) is 14.4. The van der Waals surface area contributed by atoms with E-state index in [1.165, 1.54) is 7.11 Å². The van der Waals surface area contributed by atoms with Crippen molar-refractivity contribution in [2.75, 3.05) is 7.11 Å². The largest absolute Gasteiger partial charge is 0.467 e. The van der Waals surface area contributed by atoms with Gasteiger partial charge in [-0.2, -0.15) is 0 Å². The summed E-state index contributed by atoms with van der Waals surface area (Å²) in [7, 11) is 1.20. The number of nitrogens with two attached hydrogens (primary N) is 1. The molecule has 0 saturated heterocycles. The second-order valence-electron chi connectivity index (χ2n) is 7.95. The smallest absolute Gasteiger partial charge is 0.408 e. The first-order valence-electron chi connectivity index (χ1n) is 9.87. The molecule has 1 rings (SSSR count). The molecule has 1 aromatic carbocycles. The molecule has 3 atom stereocenters. The van der Waals surface area contributed by atoms with Crippen LogP contribution >= 0.6 is 0 Å². The van der Waals surface area contributed by atoms with Gasteiger partial charge in [-0.3, -0.25) is 4.79 Å². The van der Waals surface area contributed by atoms with Crippen molar-refractivity contribution in [3.63, 3.8) is 0 Å². The molecular weight excluding hydrogens is 390 g/mol. The van der Waals surface area contributed by atoms with Crippen LogP contribution in [0, 0.1) is 0 Å². The fraction of sp³-hybridized carbons (Fsp3) is 0.571. The van der Waals surface area contributed by atoms with Gasteiger partial charge in [0.1, 0.15) is 23.9 Å². The minimum Gasteiger partial charge on any atom is -0.467 e. The summed E-state index contributed by atoms with van der Waals surface area (Å²) in [6.45, 7) is 5.16. The summed E-state index contributed by atoms with van der Waals surface area (Å²) in [6.07, 6.45) is -0.852. The molecule has 30 heavy (non-hydrogen) atoms. The molecule has 0 radical (unpaired) electrons. The Morgan fingerprint density at radius 2 is 1.67 bits per heavy atom. The molecule has 5 N–H and O–H groups in total. The number of esters is 1. The van der Waals surface area contributed by atoms with E-state index in [4.69, 9.17) is 15.2 Å². The van der Waals surface area contributed by atoms with Gasteiger partial charge in [0.15, 0.2) is 0 Å². The number of ether oxygens (including phenoxy) is 2. The van der Waals surface area contributed by atoms with Crippen molar-refractivity contribution >= 4 is 18.0 Å². The van der Waals surface area contributed by atoms with Crippen LogP contribution in [0.1, 0.15) is 45.6 Å². The second-order valence-corrected chi connectivity index (χ2v) is 7.95. The highest BCUT2D eigenvalue weighted by Crippen LogP contribution is 2.10. The number of nitrogens with one attached hydrogen (secondary N) is 2. The minimum atomic E-state index is -1.12. The molecule has 0 aromatic heterocycles. The lowest BCUT2D eigenvalue weighted by molar-refractivity contribution is -0.145. The van der Waals surface area contributed by atoms with Crippen molar-refractivity contribution in [1.29, 1.82) is 0 Å². The summed E-state index contributed by atoms with van der Waals surface area (Å²) in [5.41, 5.74) is 5.60. The molecular formula is C21H33N3O6. The molecule has 2 amide bonds. The first-order chi connectivity index (χ1) is 14.0. The number of methoxy groups -OCH3 is 1. The number of hydrogen-bond acceptors (Lipinski definition) is 7. The van der Waals surface area contributed by atoms with Crippen molar-refractivity contribution in [2.24, 2.45) is 5.73 Å². The van der Waals surface area contributed by atoms with Crippen LogP contribution in [0.3, 0.4) is 0 Å². The van der Waals surface area contributed by atoms with Crippen molar-refractivity contribution < 1.29 is 29.0 Å². The molecule has 9 heteroatoms. The Bertz CT molecular complexity index is 688. The first kappa shape index (κ1) is 25.4. The number of hydrogen-bond donors (Lipinski definition) is 4. The fourth-order valence-corrected chi connectivity index (χ4v) is 2.68. The number of carbonyl (C=O) groups excluding carboxylic acids is 3. The molecule has 0 aliphatic carbocycles. The standard InChI is InChI=1S/C21H33N3O6/c1-21(2,3)30-20(28)24-15(11-10-14-8-6-5-7-9-14)18(26)23-16(19(27)29-4)12-13-17(22)25/h5-9,15-17,25H,10-13,22H2,1-4H3,(H,23,26)(H,24,28)/t15-,16+,17?/m1/s1. The molecule has 168 valence electrons. The molecule has 1 aromatic rings. The Labute approximate surface area is 177 Å². The molecule has 0 saturated carbocycles. The maximum atomic E-state index is 12.9. The molecule has 9 nitrogen and oxygen atoms in total. The van der Waals surface area contributed by atoms with E-state index >= 15 is 0 Å². The lowest BCUT2D eigenvalue weighted by Crippen LogP contribution is -2.52. The predicted molar refractivity (Wildman–Crippen MR) is 111 cm³/mol. The van der Waals surface area contributed by atoms with Crippen molar-refractivity contribution in [2.45, 2.75) is 70.4 Å². The molecule has 0 aliphatic heterocycles. The minimum absolute atomic E-state index is 0.0912. The number of rotatable bonds is 10. The van der Waals surface area contributed by atoms with E-state index in [0.29, 0.717) is 12.8 Å². The van der Waals surface area contributed by atoms with Gasteiger partial charge in [0.05, 0.1) is 7.11 Å². The zero-order chi connectivity index (χ0) is 22.7. The monoisotopic (exact) mass is 423 g/mol. The third-order valence-corrected chi connectivity index (χ3v) is 4.13. The van der Waals surface area contributed by atoms with E-state index in [0.717, 1.165) is 5.56 Å². The number of benzene rings is 1. The molecule has 0 bridgehead atoms. The van der Waals surface area contributed by atoms with Crippen LogP contribution in [0.15, 0.2) is 30.3 Å². The fourth-order valence-electron chi connectivity index (χ4n) is 2.68. The average Bonchev–Trinajstić information content (AvgIpc) is 2.66. The van der Waals surface area contributed by atoms with Gasteiger partial charge in [-0.05, 0) is 52.0 Å². The summed E-state index contributed by atoms with van der Waals surface area (Å²) in [5.74, 6) is -1.22. The van der Waals surface area contributed by atoms with E-state index in [1.807, 2.05) is 30.3 Å². The van der Waals surface area contributed by atoms with Crippen LogP contribution < -0.4 is 16.4 Å². The van der Waals surface area contributed by atoms with E-state index < -0.39 is 41.9 Å². The second kappa shape index (κ2) is 12.1. The summed E-state index contributed by atoms with van der Waals surface area (Å²) < 4.78 is 9.97. The zero-order valence-corrected chi connectivity index (χ0v) is 18.0. The van der Waals surface area contributed by atoms with E-state index in [2.05, 4.69) is 10.6 Å². The molecule has 0 heterocycles. The number of aryl methyl sites for hydroxylation is 1. The van der Waals surface area contributed by atoms with Crippen LogP contribution in [0.2, 0.25) is 0 Å². The summed E-state index contributed by atoms with van der Waals surface area (Å²) >= 11 is 0. The van der Waals surface area contributed by atoms with Gasteiger partial charge in [0.2, 0.25) is 5.91 Å². The Morgan fingerprint density at radius 3 is 2.20 bits per heavy atom. The van der Waals surface area contributed by atoms with Gasteiger partial charge >= 0.3 is 12.1 Å². The Morgan fingerprint density at radius 1 is 1.03 bits per heavy atom. The van der Waals surface area contributed by atoms with Gasteiger partial charge < -0.3 is 30.9 Å². The van der Waals surface area contributed by atoms with Crippen molar-refractivity contribution in [3.05, 3.63) is 35.9 Å². The molecule has 1 unspecified atom stereocenters. The highest BCUT2D eigenvalue weighted by molar-refractivity contribution is 5.89. The Kier molecular flexibility index (Phi) is 10.3. The van der Waals surface area contributed by atoms with Gasteiger partial charge in [0, 0.05) is 0 Å². The maximum absolute atomic E-state index is 12.9. The van der Waals surface area contributed by atoms with Crippen LogP contribution in [-0.4, -0.2) is 54.1 Å². The summed E-state index contributed by atoms with van der Waals surface area (Å²) in [4.78, 5) is 37.1. The number of aliphatic hydroxyl groups is 1. The number of carbonyl (C=O) groups is 3. The average molecular weight is 424 g/mol. The zero-order valence-electron chi connectivity index (χ0n) is 18.0. The van der Waals surface area contributed by atoms with Gasteiger partial charge in [-0.25, -0.2) is 9.59 Å². The number of aliphatic hydroxyl groups excluding tert-OH is 1. The third kappa shape index (κ3) is 10.2. The Balaban J connectivity index is 2.88. The predicted octanol–water partition coefficient (Wildman–Crippen LogP) is 1.23. The SMILES string of the molecule is COC(=O)[C@H](CCC(N)O)NC(=O)[C@@H](CCc1ccccc1)NC(=O)OC(C)(C)C. The van der Waals surface area contributed by atoms with Crippen LogP contribution in [0.4, 0.5) is 4.79 Å². The molecule has 0 aliphatic rings. The lowest BCUT2D eigenvalue weighted by Gasteiger charge is -2.25. The number of amides is 2. The van der Waals surface area contributed by atoms with E-state index in [9.17, 15) is 19.5 Å². The van der Waals surface area contributed by atoms with E-state index in [-0.39, 0.29) is 12.8 Å². The normalized spacial score (nSPS) is 14.2. The first-order valence-corrected chi connectivity index (χ1v) is 9.87. The molecule has 0 fully saturated rings. The lowest BCUT2D eigenvalue weighted by atomic mass is 10.0. The van der Waals surface area contributed by atoms with Crippen LogP contribution in [0.5, 0.6) is 0 Å². The number of alkyl carbamates (subject to hydrolysis) is 1.